The van der Waals surface area contributed by atoms with E-state index in [0.717, 1.165) is 4.90 Å². The van der Waals surface area contributed by atoms with Gasteiger partial charge in [-0.2, -0.15) is 13.2 Å². The van der Waals surface area contributed by atoms with Crippen molar-refractivity contribution in [1.82, 2.24) is 10.2 Å². The fraction of sp³-hybridized carbons (Fsp3) is 0.471. The zero-order valence-electron chi connectivity index (χ0n) is 13.7. The predicted molar refractivity (Wildman–Crippen MR) is 84.1 cm³/mol. The topological polar surface area (TPSA) is 66.5 Å². The Labute approximate surface area is 143 Å². The van der Waals surface area contributed by atoms with Crippen LogP contribution in [0.4, 0.5) is 13.2 Å². The molecule has 8 heteroatoms. The summed E-state index contributed by atoms with van der Waals surface area (Å²) in [6, 6.07) is 6.54. The second kappa shape index (κ2) is 7.67. The number of nitrogens with zero attached hydrogens (tertiary/aromatic N) is 1. The molecule has 0 bridgehead atoms. The third-order valence-corrected chi connectivity index (χ3v) is 4.07. The number of Topliss-reactive ketones (excluding diaryl/α,β-unsaturated/α-hetero) is 1. The molecule has 0 aliphatic carbocycles. The maximum Gasteiger partial charge on any atom is 0.471 e. The molecule has 1 aromatic rings. The highest BCUT2D eigenvalue weighted by Crippen LogP contribution is 2.30. The summed E-state index contributed by atoms with van der Waals surface area (Å²) in [6.07, 6.45) is -3.77. The van der Waals surface area contributed by atoms with Gasteiger partial charge in [0, 0.05) is 24.6 Å². The van der Waals surface area contributed by atoms with Crippen LogP contribution in [0.5, 0.6) is 0 Å². The van der Waals surface area contributed by atoms with Crippen LogP contribution in [0.2, 0.25) is 0 Å². The van der Waals surface area contributed by atoms with Crippen molar-refractivity contribution in [2.75, 3.05) is 19.6 Å². The second-order valence-electron chi connectivity index (χ2n) is 6.10. The van der Waals surface area contributed by atoms with E-state index in [1.807, 2.05) is 0 Å². The standard InChI is InChI=1S/C17H19F3N2O3/c1-11(23)9-21-15(24)13-5-2-4-12(8-13)14-6-3-7-22(10-14)16(25)17(18,19)20/h2,4-5,8,14H,3,6-7,9-10H2,1H3,(H,21,24). The van der Waals surface area contributed by atoms with Gasteiger partial charge in [-0.15, -0.1) is 0 Å². The number of amides is 2. The molecule has 2 amide bonds. The molecule has 1 N–H and O–H groups in total. The molecule has 1 fully saturated rings. The van der Waals surface area contributed by atoms with E-state index in [4.69, 9.17) is 0 Å². The van der Waals surface area contributed by atoms with Crippen LogP contribution >= 0.6 is 0 Å². The van der Waals surface area contributed by atoms with Crippen LogP contribution < -0.4 is 5.32 Å². The van der Waals surface area contributed by atoms with E-state index in [1.165, 1.54) is 6.92 Å². The number of rotatable bonds is 4. The number of ketones is 1. The Bertz CT molecular complexity index is 673. The first-order valence-electron chi connectivity index (χ1n) is 7.92. The van der Waals surface area contributed by atoms with Gasteiger partial charge in [0.25, 0.3) is 5.91 Å². The Morgan fingerprint density at radius 1 is 1.28 bits per heavy atom. The number of piperidine rings is 1. The van der Waals surface area contributed by atoms with E-state index < -0.39 is 18.0 Å². The number of carbonyl (C=O) groups excluding carboxylic acids is 3. The van der Waals surface area contributed by atoms with Crippen molar-refractivity contribution in [3.05, 3.63) is 35.4 Å². The van der Waals surface area contributed by atoms with E-state index in [1.54, 1.807) is 24.3 Å². The maximum atomic E-state index is 12.6. The number of nitrogens with one attached hydrogen (secondary N) is 1. The van der Waals surface area contributed by atoms with Crippen molar-refractivity contribution in [3.8, 4) is 0 Å². The molecule has 0 spiro atoms. The smallest absolute Gasteiger partial charge is 0.345 e. The Morgan fingerprint density at radius 2 is 2.00 bits per heavy atom. The lowest BCUT2D eigenvalue weighted by Gasteiger charge is -2.33. The first kappa shape index (κ1) is 19.0. The largest absolute Gasteiger partial charge is 0.471 e. The van der Waals surface area contributed by atoms with Crippen LogP contribution in [0.15, 0.2) is 24.3 Å². The SMILES string of the molecule is CC(=O)CNC(=O)c1cccc(C2CCCN(C(=O)C(F)(F)F)C2)c1. The Balaban J connectivity index is 2.10. The molecule has 1 atom stereocenters. The fourth-order valence-electron chi connectivity index (χ4n) is 2.85. The third-order valence-electron chi connectivity index (χ3n) is 4.07. The van der Waals surface area contributed by atoms with Gasteiger partial charge in [-0.05, 0) is 37.5 Å². The summed E-state index contributed by atoms with van der Waals surface area (Å²) in [5, 5.41) is 2.47. The van der Waals surface area contributed by atoms with Crippen molar-refractivity contribution in [2.24, 2.45) is 0 Å². The molecule has 1 unspecified atom stereocenters. The molecule has 1 saturated heterocycles. The number of benzene rings is 1. The number of hydrogen-bond acceptors (Lipinski definition) is 3. The minimum Gasteiger partial charge on any atom is -0.345 e. The van der Waals surface area contributed by atoms with Crippen LogP contribution in [0.25, 0.3) is 0 Å². The van der Waals surface area contributed by atoms with Gasteiger partial charge < -0.3 is 10.2 Å². The molecule has 2 rings (SSSR count). The maximum absolute atomic E-state index is 12.6. The van der Waals surface area contributed by atoms with Crippen LogP contribution in [0, 0.1) is 0 Å². The van der Waals surface area contributed by atoms with Crippen molar-refractivity contribution in [1.29, 1.82) is 0 Å². The summed E-state index contributed by atoms with van der Waals surface area (Å²) in [5.41, 5.74) is 1.04. The van der Waals surface area contributed by atoms with Gasteiger partial charge in [-0.3, -0.25) is 14.4 Å². The average molecular weight is 356 g/mol. The normalized spacial score (nSPS) is 17.9. The van der Waals surface area contributed by atoms with Gasteiger partial charge in [0.05, 0.1) is 6.54 Å². The molecular formula is C17H19F3N2O3. The average Bonchev–Trinajstić information content (AvgIpc) is 2.58. The molecule has 25 heavy (non-hydrogen) atoms. The molecule has 1 aliphatic heterocycles. The number of alkyl halides is 3. The molecular weight excluding hydrogens is 337 g/mol. The highest BCUT2D eigenvalue weighted by atomic mass is 19.4. The highest BCUT2D eigenvalue weighted by Gasteiger charge is 2.43. The lowest BCUT2D eigenvalue weighted by atomic mass is 9.89. The first-order valence-corrected chi connectivity index (χ1v) is 7.92. The summed E-state index contributed by atoms with van der Waals surface area (Å²) >= 11 is 0. The van der Waals surface area contributed by atoms with Crippen LogP contribution in [0.1, 0.15) is 41.6 Å². The quantitative estimate of drug-likeness (QED) is 0.900. The van der Waals surface area contributed by atoms with Gasteiger partial charge in [-0.1, -0.05) is 12.1 Å². The molecule has 0 saturated carbocycles. The first-order chi connectivity index (χ1) is 11.7. The van der Waals surface area contributed by atoms with Crippen LogP contribution in [-0.2, 0) is 9.59 Å². The number of halogens is 3. The minimum atomic E-state index is -4.88. The van der Waals surface area contributed by atoms with E-state index in [-0.39, 0.29) is 31.3 Å². The molecule has 5 nitrogen and oxygen atoms in total. The van der Waals surface area contributed by atoms with Gasteiger partial charge in [0.1, 0.15) is 5.78 Å². The summed E-state index contributed by atoms with van der Waals surface area (Å²) in [7, 11) is 0. The lowest BCUT2D eigenvalue weighted by Crippen LogP contribution is -2.45. The fourth-order valence-corrected chi connectivity index (χ4v) is 2.85. The van der Waals surface area contributed by atoms with E-state index in [0.29, 0.717) is 24.0 Å². The highest BCUT2D eigenvalue weighted by molar-refractivity contribution is 5.96. The molecule has 136 valence electrons. The van der Waals surface area contributed by atoms with Crippen molar-refractivity contribution in [3.63, 3.8) is 0 Å². The summed E-state index contributed by atoms with van der Waals surface area (Å²) in [6.45, 7) is 1.32. The summed E-state index contributed by atoms with van der Waals surface area (Å²) < 4.78 is 37.8. The zero-order chi connectivity index (χ0) is 18.6. The second-order valence-corrected chi connectivity index (χ2v) is 6.10. The monoisotopic (exact) mass is 356 g/mol. The molecule has 0 radical (unpaired) electrons. The summed E-state index contributed by atoms with van der Waals surface area (Å²) in [4.78, 5) is 35.2. The van der Waals surface area contributed by atoms with Crippen molar-refractivity contribution in [2.45, 2.75) is 31.9 Å². The molecule has 1 heterocycles. The van der Waals surface area contributed by atoms with Gasteiger partial charge in [0.15, 0.2) is 0 Å². The zero-order valence-corrected chi connectivity index (χ0v) is 13.7. The van der Waals surface area contributed by atoms with Gasteiger partial charge >= 0.3 is 12.1 Å². The van der Waals surface area contributed by atoms with Crippen LogP contribution in [-0.4, -0.2) is 48.3 Å². The minimum absolute atomic E-state index is 0.0309. The van der Waals surface area contributed by atoms with E-state index >= 15 is 0 Å². The van der Waals surface area contributed by atoms with Crippen LogP contribution in [0.3, 0.4) is 0 Å². The Kier molecular flexibility index (Phi) is 5.81. The number of hydrogen-bond donors (Lipinski definition) is 1. The van der Waals surface area contributed by atoms with E-state index in [2.05, 4.69) is 5.32 Å². The molecule has 1 aromatic carbocycles. The lowest BCUT2D eigenvalue weighted by molar-refractivity contribution is -0.186. The third kappa shape index (κ3) is 5.04. The number of likely N-dealkylation sites (tertiary alicyclic amines) is 1. The summed E-state index contributed by atoms with van der Waals surface area (Å²) in [5.74, 6) is -2.69. The van der Waals surface area contributed by atoms with Gasteiger partial charge in [0.2, 0.25) is 0 Å². The van der Waals surface area contributed by atoms with Crippen molar-refractivity contribution < 1.29 is 27.6 Å². The Hall–Kier alpha value is -2.38. The van der Waals surface area contributed by atoms with E-state index in [9.17, 15) is 27.6 Å². The molecule has 0 aromatic heterocycles. The number of carbonyl (C=O) groups is 3. The molecule has 1 aliphatic rings. The predicted octanol–water partition coefficient (Wildman–Crippen LogP) is 2.27. The Morgan fingerprint density at radius 3 is 2.64 bits per heavy atom. The van der Waals surface area contributed by atoms with Crippen molar-refractivity contribution >= 4 is 17.6 Å². The van der Waals surface area contributed by atoms with Gasteiger partial charge in [-0.25, -0.2) is 0 Å².